The summed E-state index contributed by atoms with van der Waals surface area (Å²) < 4.78 is 10.5. The molecule has 3 aromatic carbocycles. The Bertz CT molecular complexity index is 1390. The molecule has 3 aromatic rings. The average molecular weight is 500 g/mol. The molecule has 3 rings (SSSR count). The van der Waals surface area contributed by atoms with Crippen molar-refractivity contribution in [1.29, 1.82) is 0 Å². The van der Waals surface area contributed by atoms with Crippen molar-refractivity contribution in [2.75, 3.05) is 7.11 Å². The van der Waals surface area contributed by atoms with Crippen LogP contribution in [-0.4, -0.2) is 27.8 Å². The zero-order chi connectivity index (χ0) is 25.7. The molecule has 0 N–H and O–H groups in total. The maximum Gasteiger partial charge on any atom is 0.345 e. The Morgan fingerprint density at radius 1 is 0.829 bits per heavy atom. The summed E-state index contributed by atoms with van der Waals surface area (Å²) >= 11 is 5.97. The molecule has 0 saturated carbocycles. The summed E-state index contributed by atoms with van der Waals surface area (Å²) in [5, 5.41) is 33.1. The molecule has 0 aliphatic rings. The second-order valence-corrected chi connectivity index (χ2v) is 7.22. The Balaban J connectivity index is 1.87. The molecule has 0 radical (unpaired) electrons. The van der Waals surface area contributed by atoms with Crippen LogP contribution in [0.25, 0.3) is 12.2 Å². The summed E-state index contributed by atoms with van der Waals surface area (Å²) in [7, 11) is 1.32. The van der Waals surface area contributed by atoms with E-state index in [4.69, 9.17) is 21.1 Å². The van der Waals surface area contributed by atoms with Crippen molar-refractivity contribution in [3.05, 3.63) is 107 Å². The lowest BCUT2D eigenvalue weighted by Crippen LogP contribution is -2.10. The number of nitro benzene ring substituents is 3. The van der Waals surface area contributed by atoms with Gasteiger partial charge in [-0.15, -0.1) is 0 Å². The molecule has 13 heteroatoms. The van der Waals surface area contributed by atoms with E-state index < -0.39 is 32.1 Å². The molecule has 0 amide bonds. The van der Waals surface area contributed by atoms with Gasteiger partial charge in [-0.1, -0.05) is 23.7 Å². The zero-order valence-electron chi connectivity index (χ0n) is 17.7. The topological polar surface area (TPSA) is 165 Å². The van der Waals surface area contributed by atoms with Crippen molar-refractivity contribution < 1.29 is 29.0 Å². The number of ether oxygens (including phenoxy) is 2. The molecule has 0 saturated heterocycles. The molecule has 0 aromatic heterocycles. The summed E-state index contributed by atoms with van der Waals surface area (Å²) in [5.74, 6) is -0.819. The van der Waals surface area contributed by atoms with E-state index in [2.05, 4.69) is 0 Å². The number of halogens is 1. The molecule has 0 fully saturated rings. The summed E-state index contributed by atoms with van der Waals surface area (Å²) in [6.45, 7) is 0. The molecule has 0 aliphatic heterocycles. The number of rotatable bonds is 8. The molecule has 0 atom stereocenters. The smallest absolute Gasteiger partial charge is 0.345 e. The van der Waals surface area contributed by atoms with Gasteiger partial charge in [0.25, 0.3) is 17.1 Å². The van der Waals surface area contributed by atoms with Gasteiger partial charge in [0.15, 0.2) is 11.5 Å². The SMILES string of the molecule is COc1cc(/C=C/c2ccc([N+](=O)[O-])cc2[N+](=O)[O-])ccc1OC(=O)c1cc([N+](=O)[O-])ccc1Cl. The third-order valence-electron chi connectivity index (χ3n) is 4.65. The highest BCUT2D eigenvalue weighted by Crippen LogP contribution is 2.32. The van der Waals surface area contributed by atoms with Crippen molar-refractivity contribution in [3.63, 3.8) is 0 Å². The van der Waals surface area contributed by atoms with Crippen LogP contribution < -0.4 is 9.47 Å². The molecule has 0 aliphatic carbocycles. The number of carbonyl (C=O) groups is 1. The van der Waals surface area contributed by atoms with E-state index in [0.29, 0.717) is 5.56 Å². The fourth-order valence-electron chi connectivity index (χ4n) is 2.94. The van der Waals surface area contributed by atoms with Crippen LogP contribution >= 0.6 is 11.6 Å². The lowest BCUT2D eigenvalue weighted by atomic mass is 10.1. The van der Waals surface area contributed by atoms with Crippen LogP contribution in [0.1, 0.15) is 21.5 Å². The minimum absolute atomic E-state index is 0.00135. The maximum atomic E-state index is 12.5. The van der Waals surface area contributed by atoms with Crippen LogP contribution in [0.3, 0.4) is 0 Å². The van der Waals surface area contributed by atoms with Gasteiger partial charge in [0.05, 0.1) is 44.1 Å². The third kappa shape index (κ3) is 5.75. The standard InChI is InChI=1S/C22H14ClN3O9/c1-34-21-10-13(2-4-14-5-6-16(25(30)31)12-19(14)26(32)33)3-9-20(21)35-22(27)17-11-15(24(28)29)7-8-18(17)23/h2-12H,1H3/b4-2+. The van der Waals surface area contributed by atoms with Crippen LogP contribution in [0.4, 0.5) is 17.1 Å². The predicted octanol–water partition coefficient (Wildman–Crippen LogP) is 5.46. The van der Waals surface area contributed by atoms with Crippen molar-refractivity contribution in [2.24, 2.45) is 0 Å². The van der Waals surface area contributed by atoms with Gasteiger partial charge in [0, 0.05) is 18.2 Å². The Labute approximate surface area is 201 Å². The van der Waals surface area contributed by atoms with E-state index in [1.807, 2.05) is 0 Å². The third-order valence-corrected chi connectivity index (χ3v) is 4.98. The number of hydrogen-bond acceptors (Lipinski definition) is 9. The fraction of sp³-hybridized carbons (Fsp3) is 0.0455. The van der Waals surface area contributed by atoms with E-state index in [1.165, 1.54) is 49.6 Å². The van der Waals surface area contributed by atoms with Crippen molar-refractivity contribution in [3.8, 4) is 11.5 Å². The Morgan fingerprint density at radius 3 is 2.11 bits per heavy atom. The van der Waals surface area contributed by atoms with Crippen LogP contribution in [0.5, 0.6) is 11.5 Å². The van der Waals surface area contributed by atoms with E-state index in [1.54, 1.807) is 0 Å². The van der Waals surface area contributed by atoms with Gasteiger partial charge < -0.3 is 9.47 Å². The van der Waals surface area contributed by atoms with Gasteiger partial charge in [0.1, 0.15) is 0 Å². The van der Waals surface area contributed by atoms with Gasteiger partial charge in [-0.2, -0.15) is 0 Å². The van der Waals surface area contributed by atoms with E-state index in [-0.39, 0.29) is 33.3 Å². The first-order chi connectivity index (χ1) is 16.6. The fourth-order valence-corrected chi connectivity index (χ4v) is 3.14. The molecular weight excluding hydrogens is 486 g/mol. The van der Waals surface area contributed by atoms with Crippen molar-refractivity contribution >= 4 is 46.8 Å². The van der Waals surface area contributed by atoms with Gasteiger partial charge in [-0.05, 0) is 35.9 Å². The molecule has 0 unspecified atom stereocenters. The van der Waals surface area contributed by atoms with Crippen LogP contribution in [0.15, 0.2) is 54.6 Å². The summed E-state index contributed by atoms with van der Waals surface area (Å²) in [6, 6.07) is 11.0. The van der Waals surface area contributed by atoms with Crippen LogP contribution in [-0.2, 0) is 0 Å². The first-order valence-electron chi connectivity index (χ1n) is 9.55. The highest BCUT2D eigenvalue weighted by Gasteiger charge is 2.20. The lowest BCUT2D eigenvalue weighted by Gasteiger charge is -2.10. The molecule has 0 spiro atoms. The average Bonchev–Trinajstić information content (AvgIpc) is 2.83. The number of esters is 1. The summed E-state index contributed by atoms with van der Waals surface area (Å²) in [6.07, 6.45) is 2.89. The van der Waals surface area contributed by atoms with Gasteiger partial charge >= 0.3 is 5.97 Å². The van der Waals surface area contributed by atoms with Gasteiger partial charge in [-0.3, -0.25) is 30.3 Å². The van der Waals surface area contributed by atoms with Gasteiger partial charge in [0.2, 0.25) is 0 Å². The summed E-state index contributed by atoms with van der Waals surface area (Å²) in [5.41, 5.74) is -0.767. The number of nitrogens with zero attached hydrogens (tertiary/aromatic N) is 3. The first-order valence-corrected chi connectivity index (χ1v) is 9.93. The van der Waals surface area contributed by atoms with Crippen molar-refractivity contribution in [2.45, 2.75) is 0 Å². The maximum absolute atomic E-state index is 12.5. The minimum atomic E-state index is -0.943. The lowest BCUT2D eigenvalue weighted by molar-refractivity contribution is -0.394. The molecular formula is C22H14ClN3O9. The Hall–Kier alpha value is -4.84. The molecule has 0 heterocycles. The number of nitro groups is 3. The number of hydrogen-bond donors (Lipinski definition) is 0. The van der Waals surface area contributed by atoms with E-state index >= 15 is 0 Å². The van der Waals surface area contributed by atoms with Crippen LogP contribution in [0, 0.1) is 30.3 Å². The minimum Gasteiger partial charge on any atom is -0.493 e. The first kappa shape index (κ1) is 24.8. The molecule has 12 nitrogen and oxygen atoms in total. The monoisotopic (exact) mass is 499 g/mol. The van der Waals surface area contributed by atoms with Crippen LogP contribution in [0.2, 0.25) is 5.02 Å². The highest BCUT2D eigenvalue weighted by molar-refractivity contribution is 6.33. The van der Waals surface area contributed by atoms with E-state index in [0.717, 1.165) is 24.3 Å². The highest BCUT2D eigenvalue weighted by atomic mass is 35.5. The van der Waals surface area contributed by atoms with Crippen molar-refractivity contribution in [1.82, 2.24) is 0 Å². The second kappa shape index (κ2) is 10.4. The summed E-state index contributed by atoms with van der Waals surface area (Å²) in [4.78, 5) is 43.5. The predicted molar refractivity (Wildman–Crippen MR) is 125 cm³/mol. The van der Waals surface area contributed by atoms with Gasteiger partial charge in [-0.25, -0.2) is 4.79 Å². The Morgan fingerprint density at radius 2 is 1.49 bits per heavy atom. The number of benzene rings is 3. The number of non-ortho nitro benzene ring substituents is 2. The zero-order valence-corrected chi connectivity index (χ0v) is 18.5. The number of methoxy groups -OCH3 is 1. The molecule has 0 bridgehead atoms. The largest absolute Gasteiger partial charge is 0.493 e. The molecule has 35 heavy (non-hydrogen) atoms. The Kier molecular flexibility index (Phi) is 7.37. The van der Waals surface area contributed by atoms with E-state index in [9.17, 15) is 35.1 Å². The quantitative estimate of drug-likeness (QED) is 0.128. The number of carbonyl (C=O) groups excluding carboxylic acids is 1. The molecule has 178 valence electrons. The normalized spacial score (nSPS) is 10.7. The second-order valence-electron chi connectivity index (χ2n) is 6.81.